The van der Waals surface area contributed by atoms with Gasteiger partial charge in [0, 0.05) is 11.8 Å². The van der Waals surface area contributed by atoms with Crippen molar-refractivity contribution in [3.05, 3.63) is 29.1 Å². The first-order valence-corrected chi connectivity index (χ1v) is 4.17. The van der Waals surface area contributed by atoms with Crippen LogP contribution in [0.4, 0.5) is 26.3 Å². The fourth-order valence-electron chi connectivity index (χ4n) is 1.26. The minimum atomic E-state index is -5.02. The molecule has 0 unspecified atom stereocenters. The Labute approximate surface area is 91.5 Å². The standard InChI is InChI=1S/C9H4F6N2/c10-8(11,12)6-2-4-17-7(9(13,14)15)5(6)1-3-16/h2,4H,1H2. The lowest BCUT2D eigenvalue weighted by Crippen LogP contribution is -2.18. The van der Waals surface area contributed by atoms with Gasteiger partial charge in [0.1, 0.15) is 5.69 Å². The first-order chi connectivity index (χ1) is 7.68. The van der Waals surface area contributed by atoms with E-state index in [1.165, 1.54) is 6.07 Å². The third kappa shape index (κ3) is 2.87. The normalized spacial score (nSPS) is 12.3. The predicted octanol–water partition coefficient (Wildman–Crippen LogP) is 3.19. The van der Waals surface area contributed by atoms with Crippen molar-refractivity contribution in [1.82, 2.24) is 4.98 Å². The van der Waals surface area contributed by atoms with Crippen LogP contribution in [0.2, 0.25) is 0 Å². The van der Waals surface area contributed by atoms with Gasteiger partial charge in [0.05, 0.1) is 18.1 Å². The molecule has 0 bridgehead atoms. The summed E-state index contributed by atoms with van der Waals surface area (Å²) >= 11 is 0. The Morgan fingerprint density at radius 3 is 2.12 bits per heavy atom. The van der Waals surface area contributed by atoms with Crippen molar-refractivity contribution in [3.8, 4) is 6.07 Å². The first-order valence-electron chi connectivity index (χ1n) is 4.17. The molecule has 1 aromatic rings. The number of hydrogen-bond acceptors (Lipinski definition) is 2. The molecule has 1 rings (SSSR count). The van der Waals surface area contributed by atoms with Crippen LogP contribution < -0.4 is 0 Å². The molecule has 0 aromatic carbocycles. The van der Waals surface area contributed by atoms with Crippen LogP contribution in [-0.4, -0.2) is 4.98 Å². The number of nitrogens with zero attached hydrogens (tertiary/aromatic N) is 2. The first kappa shape index (κ1) is 13.3. The molecule has 0 fully saturated rings. The fraction of sp³-hybridized carbons (Fsp3) is 0.333. The lowest BCUT2D eigenvalue weighted by Gasteiger charge is -2.15. The molecule has 0 aliphatic carbocycles. The van der Waals surface area contributed by atoms with Gasteiger partial charge >= 0.3 is 12.4 Å². The third-order valence-corrected chi connectivity index (χ3v) is 1.89. The Hall–Kier alpha value is -1.78. The number of pyridine rings is 1. The van der Waals surface area contributed by atoms with Gasteiger partial charge in [-0.1, -0.05) is 0 Å². The highest BCUT2D eigenvalue weighted by Crippen LogP contribution is 2.38. The van der Waals surface area contributed by atoms with Gasteiger partial charge in [-0.25, -0.2) is 0 Å². The number of nitriles is 1. The molecule has 8 heteroatoms. The summed E-state index contributed by atoms with van der Waals surface area (Å²) in [5, 5.41) is 8.29. The maximum absolute atomic E-state index is 12.4. The highest BCUT2D eigenvalue weighted by atomic mass is 19.4. The van der Waals surface area contributed by atoms with E-state index in [0.717, 1.165) is 0 Å². The van der Waals surface area contributed by atoms with Gasteiger partial charge in [0.15, 0.2) is 0 Å². The van der Waals surface area contributed by atoms with E-state index in [0.29, 0.717) is 12.3 Å². The van der Waals surface area contributed by atoms with E-state index < -0.39 is 35.6 Å². The van der Waals surface area contributed by atoms with Crippen LogP contribution in [0.25, 0.3) is 0 Å². The van der Waals surface area contributed by atoms with Gasteiger partial charge in [-0.05, 0) is 6.07 Å². The van der Waals surface area contributed by atoms with E-state index in [-0.39, 0.29) is 0 Å². The fourth-order valence-corrected chi connectivity index (χ4v) is 1.26. The molecule has 0 aliphatic heterocycles. The van der Waals surface area contributed by atoms with Crippen molar-refractivity contribution < 1.29 is 26.3 Å². The summed E-state index contributed by atoms with van der Waals surface area (Å²) < 4.78 is 74.5. The molecule has 0 radical (unpaired) electrons. The zero-order chi connectivity index (χ0) is 13.3. The number of alkyl halides is 6. The van der Waals surface area contributed by atoms with Gasteiger partial charge in [-0.2, -0.15) is 31.6 Å². The molecule has 1 aromatic heterocycles. The highest BCUT2D eigenvalue weighted by Gasteiger charge is 2.41. The second-order valence-corrected chi connectivity index (χ2v) is 3.02. The second kappa shape index (κ2) is 4.24. The Morgan fingerprint density at radius 1 is 1.12 bits per heavy atom. The second-order valence-electron chi connectivity index (χ2n) is 3.02. The molecule has 17 heavy (non-hydrogen) atoms. The topological polar surface area (TPSA) is 36.7 Å². The van der Waals surface area contributed by atoms with Gasteiger partial charge in [-0.15, -0.1) is 0 Å². The van der Waals surface area contributed by atoms with Crippen LogP contribution in [-0.2, 0) is 18.8 Å². The van der Waals surface area contributed by atoms with Gasteiger partial charge in [0.2, 0.25) is 0 Å². The van der Waals surface area contributed by atoms with Crippen LogP contribution in [0.15, 0.2) is 12.3 Å². The number of aromatic nitrogens is 1. The van der Waals surface area contributed by atoms with Crippen molar-refractivity contribution in [2.75, 3.05) is 0 Å². The zero-order valence-corrected chi connectivity index (χ0v) is 8.02. The summed E-state index contributed by atoms with van der Waals surface area (Å²) in [7, 11) is 0. The SMILES string of the molecule is N#CCc1c(C(F)(F)F)ccnc1C(F)(F)F. The van der Waals surface area contributed by atoms with E-state index >= 15 is 0 Å². The minimum Gasteiger partial charge on any atom is -0.251 e. The van der Waals surface area contributed by atoms with Crippen molar-refractivity contribution >= 4 is 0 Å². The number of rotatable bonds is 1. The Balaban J connectivity index is 3.50. The lowest BCUT2D eigenvalue weighted by atomic mass is 10.0. The van der Waals surface area contributed by atoms with Crippen LogP contribution in [0.1, 0.15) is 16.8 Å². The summed E-state index contributed by atoms with van der Waals surface area (Å²) in [5.74, 6) is 0. The number of halogens is 6. The quantitative estimate of drug-likeness (QED) is 0.721. The van der Waals surface area contributed by atoms with Crippen LogP contribution >= 0.6 is 0 Å². The Bertz CT molecular complexity index is 422. The maximum Gasteiger partial charge on any atom is 0.433 e. The van der Waals surface area contributed by atoms with Gasteiger partial charge in [0.25, 0.3) is 0 Å². The van der Waals surface area contributed by atoms with Crippen LogP contribution in [0.5, 0.6) is 0 Å². The smallest absolute Gasteiger partial charge is 0.251 e. The van der Waals surface area contributed by atoms with Crippen LogP contribution in [0.3, 0.4) is 0 Å². The number of hydrogen-bond donors (Lipinski definition) is 0. The molecule has 0 aliphatic rings. The molecule has 0 atom stereocenters. The molecule has 2 nitrogen and oxygen atoms in total. The monoisotopic (exact) mass is 254 g/mol. The van der Waals surface area contributed by atoms with Crippen molar-refractivity contribution in [1.29, 1.82) is 5.26 Å². The van der Waals surface area contributed by atoms with E-state index in [1.54, 1.807) is 0 Å². The Morgan fingerprint density at radius 2 is 1.71 bits per heavy atom. The molecule has 0 N–H and O–H groups in total. The molecular formula is C9H4F6N2. The summed E-state index contributed by atoms with van der Waals surface area (Å²) in [6, 6.07) is 1.69. The summed E-state index contributed by atoms with van der Waals surface area (Å²) in [6.45, 7) is 0. The molecule has 0 saturated carbocycles. The minimum absolute atomic E-state index is 0.419. The van der Waals surface area contributed by atoms with Crippen molar-refractivity contribution in [3.63, 3.8) is 0 Å². The summed E-state index contributed by atoms with van der Waals surface area (Å²) in [4.78, 5) is 2.87. The molecule has 0 saturated heterocycles. The Kier molecular flexibility index (Phi) is 3.31. The largest absolute Gasteiger partial charge is 0.433 e. The molecule has 0 amide bonds. The van der Waals surface area contributed by atoms with E-state index in [1.807, 2.05) is 0 Å². The zero-order valence-electron chi connectivity index (χ0n) is 8.02. The highest BCUT2D eigenvalue weighted by molar-refractivity contribution is 5.36. The average molecular weight is 254 g/mol. The average Bonchev–Trinajstić information content (AvgIpc) is 2.15. The van der Waals surface area contributed by atoms with Gasteiger partial charge < -0.3 is 0 Å². The lowest BCUT2D eigenvalue weighted by molar-refractivity contribution is -0.146. The molecule has 92 valence electrons. The van der Waals surface area contributed by atoms with Gasteiger partial charge in [-0.3, -0.25) is 4.98 Å². The molecular weight excluding hydrogens is 250 g/mol. The van der Waals surface area contributed by atoms with E-state index in [2.05, 4.69) is 4.98 Å². The van der Waals surface area contributed by atoms with Crippen molar-refractivity contribution in [2.45, 2.75) is 18.8 Å². The van der Waals surface area contributed by atoms with Crippen molar-refractivity contribution in [2.24, 2.45) is 0 Å². The summed E-state index contributed by atoms with van der Waals surface area (Å²) in [5.41, 5.74) is -4.30. The third-order valence-electron chi connectivity index (χ3n) is 1.89. The van der Waals surface area contributed by atoms with Crippen LogP contribution in [0, 0.1) is 11.3 Å². The maximum atomic E-state index is 12.4. The molecule has 1 heterocycles. The van der Waals surface area contributed by atoms with E-state index in [4.69, 9.17) is 5.26 Å². The molecule has 0 spiro atoms. The van der Waals surface area contributed by atoms with E-state index in [9.17, 15) is 26.3 Å². The summed E-state index contributed by atoms with van der Waals surface area (Å²) in [6.07, 6.45) is -10.5. The predicted molar refractivity (Wildman–Crippen MR) is 43.6 cm³/mol.